The third kappa shape index (κ3) is 7.54. The normalized spacial score (nSPS) is 15.9. The average Bonchev–Trinajstić information content (AvgIpc) is 3.28. The van der Waals surface area contributed by atoms with E-state index >= 15 is 0 Å². The molecule has 0 spiro atoms. The third-order valence-corrected chi connectivity index (χ3v) is 5.96. The van der Waals surface area contributed by atoms with Crippen LogP contribution in [0.4, 0.5) is 0 Å². The fraction of sp³-hybridized carbons (Fsp3) is 0.455. The first-order valence-electron chi connectivity index (χ1n) is 10.2. The molecule has 1 fully saturated rings. The van der Waals surface area contributed by atoms with E-state index in [4.69, 9.17) is 9.47 Å². The van der Waals surface area contributed by atoms with Gasteiger partial charge in [-0.05, 0) is 43.2 Å². The Morgan fingerprint density at radius 1 is 1.20 bits per heavy atom. The van der Waals surface area contributed by atoms with E-state index in [9.17, 15) is 0 Å². The smallest absolute Gasteiger partial charge is 0.224 e. The SMILES string of the molecule is CCCOc1ccccc1Oc1ncccc1CNC(=NC)NCC1CCCS1.I. The van der Waals surface area contributed by atoms with Crippen molar-refractivity contribution in [3.8, 4) is 17.4 Å². The molecule has 1 unspecified atom stereocenters. The van der Waals surface area contributed by atoms with Gasteiger partial charge in [-0.1, -0.05) is 25.1 Å². The van der Waals surface area contributed by atoms with E-state index in [2.05, 4.69) is 27.5 Å². The number of para-hydroxylation sites is 2. The number of rotatable bonds is 9. The Morgan fingerprint density at radius 3 is 2.77 bits per heavy atom. The second-order valence-corrected chi connectivity index (χ2v) is 8.21. The molecule has 1 aliphatic rings. The van der Waals surface area contributed by atoms with Gasteiger partial charge in [-0.15, -0.1) is 24.0 Å². The van der Waals surface area contributed by atoms with Crippen molar-refractivity contribution in [2.45, 2.75) is 38.0 Å². The molecule has 1 saturated heterocycles. The van der Waals surface area contributed by atoms with E-state index in [-0.39, 0.29) is 24.0 Å². The molecule has 164 valence electrons. The Bertz CT molecular complexity index is 800. The van der Waals surface area contributed by atoms with Crippen molar-refractivity contribution in [2.75, 3.05) is 26.0 Å². The van der Waals surface area contributed by atoms with Crippen molar-refractivity contribution < 1.29 is 9.47 Å². The Hall–Kier alpha value is -1.68. The lowest BCUT2D eigenvalue weighted by Gasteiger charge is -2.16. The maximum atomic E-state index is 6.11. The van der Waals surface area contributed by atoms with Crippen LogP contribution in [0.15, 0.2) is 47.6 Å². The predicted octanol–water partition coefficient (Wildman–Crippen LogP) is 4.84. The molecular weight excluding hydrogens is 511 g/mol. The summed E-state index contributed by atoms with van der Waals surface area (Å²) in [5.74, 6) is 4.01. The monoisotopic (exact) mass is 542 g/mol. The number of nitrogens with one attached hydrogen (secondary N) is 2. The van der Waals surface area contributed by atoms with Crippen molar-refractivity contribution in [1.82, 2.24) is 15.6 Å². The lowest BCUT2D eigenvalue weighted by Crippen LogP contribution is -2.39. The molecule has 8 heteroatoms. The van der Waals surface area contributed by atoms with Crippen molar-refractivity contribution in [1.29, 1.82) is 0 Å². The van der Waals surface area contributed by atoms with Gasteiger partial charge in [0.1, 0.15) is 0 Å². The molecule has 1 atom stereocenters. The Morgan fingerprint density at radius 2 is 2.03 bits per heavy atom. The van der Waals surface area contributed by atoms with Gasteiger partial charge in [0.25, 0.3) is 0 Å². The summed E-state index contributed by atoms with van der Waals surface area (Å²) in [5.41, 5.74) is 0.955. The van der Waals surface area contributed by atoms with Gasteiger partial charge < -0.3 is 20.1 Å². The number of benzene rings is 1. The van der Waals surface area contributed by atoms with Gasteiger partial charge in [0, 0.05) is 37.1 Å². The summed E-state index contributed by atoms with van der Waals surface area (Å²) in [6.07, 6.45) is 5.26. The highest BCUT2D eigenvalue weighted by molar-refractivity contribution is 14.0. The van der Waals surface area contributed by atoms with E-state index in [0.717, 1.165) is 30.2 Å². The Kier molecular flexibility index (Phi) is 11.1. The molecule has 0 saturated carbocycles. The summed E-state index contributed by atoms with van der Waals surface area (Å²) in [5, 5.41) is 7.45. The number of aromatic nitrogens is 1. The van der Waals surface area contributed by atoms with Gasteiger partial charge in [-0.25, -0.2) is 4.98 Å². The fourth-order valence-corrected chi connectivity index (χ4v) is 4.24. The number of aliphatic imine (C=N–C) groups is 1. The van der Waals surface area contributed by atoms with Gasteiger partial charge in [0.2, 0.25) is 5.88 Å². The summed E-state index contributed by atoms with van der Waals surface area (Å²) in [6.45, 7) is 4.23. The number of hydrogen-bond acceptors (Lipinski definition) is 5. The van der Waals surface area contributed by atoms with Crippen molar-refractivity contribution >= 4 is 41.7 Å². The van der Waals surface area contributed by atoms with E-state index in [0.29, 0.717) is 30.0 Å². The molecule has 30 heavy (non-hydrogen) atoms. The van der Waals surface area contributed by atoms with Crippen LogP contribution in [-0.4, -0.2) is 42.1 Å². The zero-order chi connectivity index (χ0) is 20.3. The second-order valence-electron chi connectivity index (χ2n) is 6.81. The summed E-state index contributed by atoms with van der Waals surface area (Å²) in [6, 6.07) is 11.6. The summed E-state index contributed by atoms with van der Waals surface area (Å²) < 4.78 is 11.9. The highest BCUT2D eigenvalue weighted by Crippen LogP contribution is 2.32. The quantitative estimate of drug-likeness (QED) is 0.269. The van der Waals surface area contributed by atoms with E-state index < -0.39 is 0 Å². The molecule has 1 aliphatic heterocycles. The molecule has 1 aromatic carbocycles. The number of ether oxygens (including phenoxy) is 2. The maximum Gasteiger partial charge on any atom is 0.224 e. The minimum Gasteiger partial charge on any atom is -0.490 e. The van der Waals surface area contributed by atoms with Crippen LogP contribution in [0.5, 0.6) is 17.4 Å². The first-order chi connectivity index (χ1) is 14.3. The van der Waals surface area contributed by atoms with Crippen LogP contribution in [0.1, 0.15) is 31.7 Å². The highest BCUT2D eigenvalue weighted by atomic mass is 127. The van der Waals surface area contributed by atoms with Gasteiger partial charge in [0.15, 0.2) is 17.5 Å². The second kappa shape index (κ2) is 13.6. The van der Waals surface area contributed by atoms with Crippen molar-refractivity contribution in [3.63, 3.8) is 0 Å². The highest BCUT2D eigenvalue weighted by Gasteiger charge is 2.16. The van der Waals surface area contributed by atoms with Crippen molar-refractivity contribution in [2.24, 2.45) is 4.99 Å². The minimum absolute atomic E-state index is 0. The van der Waals surface area contributed by atoms with Crippen LogP contribution < -0.4 is 20.1 Å². The summed E-state index contributed by atoms with van der Waals surface area (Å²) in [7, 11) is 1.79. The lowest BCUT2D eigenvalue weighted by molar-refractivity contribution is 0.300. The number of nitrogens with zero attached hydrogens (tertiary/aromatic N) is 2. The van der Waals surface area contributed by atoms with Crippen LogP contribution in [0.3, 0.4) is 0 Å². The van der Waals surface area contributed by atoms with Crippen molar-refractivity contribution in [3.05, 3.63) is 48.2 Å². The predicted molar refractivity (Wildman–Crippen MR) is 136 cm³/mol. The molecule has 2 N–H and O–H groups in total. The first-order valence-corrected chi connectivity index (χ1v) is 11.2. The van der Waals surface area contributed by atoms with Gasteiger partial charge >= 0.3 is 0 Å². The van der Waals surface area contributed by atoms with Crippen LogP contribution in [0.25, 0.3) is 0 Å². The van der Waals surface area contributed by atoms with Crippen LogP contribution in [0.2, 0.25) is 0 Å². The Balaban J connectivity index is 0.00000320. The van der Waals surface area contributed by atoms with E-state index in [1.54, 1.807) is 13.2 Å². The number of thioether (sulfide) groups is 1. The average molecular weight is 542 g/mol. The van der Waals surface area contributed by atoms with Gasteiger partial charge in [0.05, 0.1) is 6.61 Å². The number of halogens is 1. The number of guanidine groups is 1. The Labute approximate surface area is 200 Å². The maximum absolute atomic E-state index is 6.11. The molecule has 2 heterocycles. The summed E-state index contributed by atoms with van der Waals surface area (Å²) in [4.78, 5) is 8.76. The van der Waals surface area contributed by atoms with Crippen LogP contribution >= 0.6 is 35.7 Å². The largest absolute Gasteiger partial charge is 0.490 e. The zero-order valence-electron chi connectivity index (χ0n) is 17.6. The third-order valence-electron chi connectivity index (χ3n) is 4.56. The number of pyridine rings is 1. The molecular formula is C22H31IN4O2S. The van der Waals surface area contributed by atoms with Gasteiger partial charge in [-0.3, -0.25) is 4.99 Å². The first kappa shape index (κ1) is 24.6. The molecule has 2 aromatic rings. The molecule has 0 amide bonds. The molecule has 6 nitrogen and oxygen atoms in total. The molecule has 0 aliphatic carbocycles. The van der Waals surface area contributed by atoms with E-state index in [1.165, 1.54) is 18.6 Å². The molecule has 1 aromatic heterocycles. The lowest BCUT2D eigenvalue weighted by atomic mass is 10.2. The standard InChI is InChI=1S/C22H30N4O2S.HI/c1-3-13-27-19-10-4-5-11-20(19)28-21-17(8-6-12-24-21)15-25-22(23-2)26-16-18-9-7-14-29-18;/h4-6,8,10-12,18H,3,7,9,13-16H2,1-2H3,(H2,23,25,26);1H. The zero-order valence-corrected chi connectivity index (χ0v) is 20.7. The van der Waals surface area contributed by atoms with Crippen LogP contribution in [0, 0.1) is 0 Å². The van der Waals surface area contributed by atoms with E-state index in [1.807, 2.05) is 48.2 Å². The van der Waals surface area contributed by atoms with Gasteiger partial charge in [-0.2, -0.15) is 11.8 Å². The topological polar surface area (TPSA) is 67.8 Å². The number of hydrogen-bond donors (Lipinski definition) is 2. The molecule has 0 bridgehead atoms. The minimum atomic E-state index is 0. The fourth-order valence-electron chi connectivity index (χ4n) is 3.04. The molecule has 3 rings (SSSR count). The van der Waals surface area contributed by atoms with Crippen LogP contribution in [-0.2, 0) is 6.54 Å². The molecule has 0 radical (unpaired) electrons. The summed E-state index contributed by atoms with van der Waals surface area (Å²) >= 11 is 2.03.